The Morgan fingerprint density at radius 2 is 2.07 bits per heavy atom. The van der Waals surface area contributed by atoms with Crippen LogP contribution in [0.25, 0.3) is 0 Å². The summed E-state index contributed by atoms with van der Waals surface area (Å²) in [7, 11) is 0. The number of nitrogens with two attached hydrogens (primary N) is 1. The predicted molar refractivity (Wildman–Crippen MR) is 59.4 cm³/mol. The van der Waals surface area contributed by atoms with Crippen molar-refractivity contribution in [2.45, 2.75) is 19.8 Å². The molecule has 0 fully saturated rings. The highest BCUT2D eigenvalue weighted by Crippen LogP contribution is 2.06. The minimum atomic E-state index is 0.479. The predicted octanol–water partition coefficient (Wildman–Crippen LogP) is 1.48. The maximum Gasteiger partial charge on any atom is 0.197 e. The lowest BCUT2D eigenvalue weighted by atomic mass is 10.1. The summed E-state index contributed by atoms with van der Waals surface area (Å²) in [6.07, 6.45) is 5.55. The topological polar surface area (TPSA) is 67.6 Å². The lowest BCUT2D eigenvalue weighted by Gasteiger charge is -1.99. The van der Waals surface area contributed by atoms with E-state index in [1.54, 1.807) is 6.20 Å². The van der Waals surface area contributed by atoms with E-state index in [0.29, 0.717) is 5.95 Å². The minimum absolute atomic E-state index is 0.479. The minimum Gasteiger partial charge on any atom is -0.369 e. The molecule has 0 spiro atoms. The molecule has 2 rings (SSSR count). The summed E-state index contributed by atoms with van der Waals surface area (Å²) >= 11 is 0. The molecular formula is C11H14N4. The van der Waals surface area contributed by atoms with Crippen molar-refractivity contribution >= 4 is 5.95 Å². The number of H-pyrrole nitrogens is 1. The molecule has 3 N–H and O–H groups in total. The van der Waals surface area contributed by atoms with Crippen molar-refractivity contribution < 1.29 is 0 Å². The lowest BCUT2D eigenvalue weighted by molar-refractivity contribution is 0.916. The van der Waals surface area contributed by atoms with Gasteiger partial charge in [0.05, 0.1) is 6.20 Å². The molecular weight excluding hydrogens is 188 g/mol. The van der Waals surface area contributed by atoms with Crippen molar-refractivity contribution in [3.63, 3.8) is 0 Å². The molecule has 0 aromatic carbocycles. The van der Waals surface area contributed by atoms with Gasteiger partial charge in [0.2, 0.25) is 0 Å². The summed E-state index contributed by atoms with van der Waals surface area (Å²) in [5, 5.41) is 0. The fourth-order valence-electron chi connectivity index (χ4n) is 1.43. The largest absolute Gasteiger partial charge is 0.369 e. The molecule has 2 aromatic heterocycles. The van der Waals surface area contributed by atoms with Gasteiger partial charge in [-0.15, -0.1) is 0 Å². The fourth-order valence-corrected chi connectivity index (χ4v) is 1.43. The highest BCUT2D eigenvalue weighted by molar-refractivity contribution is 5.20. The molecule has 0 unspecified atom stereocenters. The quantitative estimate of drug-likeness (QED) is 0.792. The van der Waals surface area contributed by atoms with Gasteiger partial charge in [-0.25, -0.2) is 4.98 Å². The van der Waals surface area contributed by atoms with Gasteiger partial charge in [0.1, 0.15) is 0 Å². The Kier molecular flexibility index (Phi) is 2.67. The van der Waals surface area contributed by atoms with Gasteiger partial charge in [0, 0.05) is 17.6 Å². The summed E-state index contributed by atoms with van der Waals surface area (Å²) in [5.41, 5.74) is 8.83. The van der Waals surface area contributed by atoms with Crippen LogP contribution in [0, 0.1) is 6.92 Å². The highest BCUT2D eigenvalue weighted by Gasteiger charge is 1.98. The SMILES string of the molecule is Cc1ccc(CCc2cnc(N)[nH]2)cn1. The maximum atomic E-state index is 5.49. The van der Waals surface area contributed by atoms with Crippen LogP contribution in [-0.2, 0) is 12.8 Å². The Morgan fingerprint density at radius 1 is 1.20 bits per heavy atom. The Hall–Kier alpha value is -1.84. The number of rotatable bonds is 3. The second-order valence-corrected chi connectivity index (χ2v) is 3.60. The Balaban J connectivity index is 1.96. The molecule has 78 valence electrons. The number of aromatic amines is 1. The first-order valence-corrected chi connectivity index (χ1v) is 4.95. The second kappa shape index (κ2) is 4.13. The van der Waals surface area contributed by atoms with Crippen LogP contribution in [0.2, 0.25) is 0 Å². The number of aryl methyl sites for hydroxylation is 3. The van der Waals surface area contributed by atoms with Gasteiger partial charge in [-0.3, -0.25) is 4.98 Å². The fraction of sp³-hybridized carbons (Fsp3) is 0.273. The molecule has 0 atom stereocenters. The van der Waals surface area contributed by atoms with Crippen molar-refractivity contribution in [3.05, 3.63) is 41.5 Å². The summed E-state index contributed by atoms with van der Waals surface area (Å²) < 4.78 is 0. The average molecular weight is 202 g/mol. The lowest BCUT2D eigenvalue weighted by Crippen LogP contribution is -1.93. The molecule has 15 heavy (non-hydrogen) atoms. The van der Waals surface area contributed by atoms with Gasteiger partial charge in [-0.2, -0.15) is 0 Å². The van der Waals surface area contributed by atoms with E-state index in [2.05, 4.69) is 21.0 Å². The molecule has 0 aliphatic heterocycles. The molecule has 0 aliphatic rings. The second-order valence-electron chi connectivity index (χ2n) is 3.60. The van der Waals surface area contributed by atoms with E-state index in [-0.39, 0.29) is 0 Å². The maximum absolute atomic E-state index is 5.49. The number of aromatic nitrogens is 3. The first-order chi connectivity index (χ1) is 7.24. The van der Waals surface area contributed by atoms with Gasteiger partial charge in [0.25, 0.3) is 0 Å². The number of pyridine rings is 1. The first kappa shape index (κ1) is 9.71. The summed E-state index contributed by atoms with van der Waals surface area (Å²) in [5.74, 6) is 0.479. The number of anilines is 1. The van der Waals surface area contributed by atoms with E-state index >= 15 is 0 Å². The zero-order chi connectivity index (χ0) is 10.7. The number of nitrogen functional groups attached to an aromatic ring is 1. The normalized spacial score (nSPS) is 10.5. The summed E-state index contributed by atoms with van der Waals surface area (Å²) in [6, 6.07) is 4.12. The molecule has 2 heterocycles. The Morgan fingerprint density at radius 3 is 2.67 bits per heavy atom. The monoisotopic (exact) mass is 202 g/mol. The number of imidazole rings is 1. The van der Waals surface area contributed by atoms with Gasteiger partial charge < -0.3 is 10.7 Å². The van der Waals surface area contributed by atoms with Crippen LogP contribution in [0.15, 0.2) is 24.5 Å². The molecule has 2 aromatic rings. The van der Waals surface area contributed by atoms with Gasteiger partial charge in [-0.1, -0.05) is 6.07 Å². The molecule has 0 amide bonds. The van der Waals surface area contributed by atoms with Crippen LogP contribution in [0.1, 0.15) is 17.0 Å². The summed E-state index contributed by atoms with van der Waals surface area (Å²) in [6.45, 7) is 1.99. The Labute approximate surface area is 88.6 Å². The molecule has 4 nitrogen and oxygen atoms in total. The molecule has 0 saturated heterocycles. The standard InChI is InChI=1S/C11H14N4/c1-8-2-3-9(6-13-8)4-5-10-7-14-11(12)15-10/h2-3,6-7H,4-5H2,1H3,(H3,12,14,15). The zero-order valence-electron chi connectivity index (χ0n) is 8.70. The number of hydrogen-bond acceptors (Lipinski definition) is 3. The number of hydrogen-bond donors (Lipinski definition) is 2. The van der Waals surface area contributed by atoms with Crippen molar-refractivity contribution in [2.75, 3.05) is 5.73 Å². The molecule has 0 radical (unpaired) electrons. The van der Waals surface area contributed by atoms with E-state index in [9.17, 15) is 0 Å². The van der Waals surface area contributed by atoms with E-state index in [4.69, 9.17) is 5.73 Å². The molecule has 4 heteroatoms. The van der Waals surface area contributed by atoms with Crippen molar-refractivity contribution in [1.82, 2.24) is 15.0 Å². The van der Waals surface area contributed by atoms with Crippen molar-refractivity contribution in [1.29, 1.82) is 0 Å². The van der Waals surface area contributed by atoms with Crippen LogP contribution in [-0.4, -0.2) is 15.0 Å². The molecule has 0 saturated carbocycles. The van der Waals surface area contributed by atoms with Crippen LogP contribution in [0.3, 0.4) is 0 Å². The van der Waals surface area contributed by atoms with Gasteiger partial charge >= 0.3 is 0 Å². The van der Waals surface area contributed by atoms with E-state index in [1.807, 2.05) is 19.2 Å². The van der Waals surface area contributed by atoms with Crippen LogP contribution in [0.5, 0.6) is 0 Å². The van der Waals surface area contributed by atoms with Gasteiger partial charge in [0.15, 0.2) is 5.95 Å². The van der Waals surface area contributed by atoms with Crippen LogP contribution < -0.4 is 5.73 Å². The van der Waals surface area contributed by atoms with E-state index in [0.717, 1.165) is 24.2 Å². The first-order valence-electron chi connectivity index (χ1n) is 4.95. The van der Waals surface area contributed by atoms with E-state index < -0.39 is 0 Å². The molecule has 0 aliphatic carbocycles. The van der Waals surface area contributed by atoms with E-state index in [1.165, 1.54) is 5.56 Å². The third kappa shape index (κ3) is 2.56. The average Bonchev–Trinajstić information content (AvgIpc) is 2.64. The highest BCUT2D eigenvalue weighted by atomic mass is 15.0. The van der Waals surface area contributed by atoms with Crippen molar-refractivity contribution in [2.24, 2.45) is 0 Å². The number of nitrogens with zero attached hydrogens (tertiary/aromatic N) is 2. The summed E-state index contributed by atoms with van der Waals surface area (Å²) in [4.78, 5) is 11.2. The Bertz CT molecular complexity index is 430. The third-order valence-corrected chi connectivity index (χ3v) is 2.30. The smallest absolute Gasteiger partial charge is 0.197 e. The van der Waals surface area contributed by atoms with Crippen LogP contribution in [0.4, 0.5) is 5.95 Å². The van der Waals surface area contributed by atoms with Crippen molar-refractivity contribution in [3.8, 4) is 0 Å². The van der Waals surface area contributed by atoms with Crippen LogP contribution >= 0.6 is 0 Å². The van der Waals surface area contributed by atoms with Gasteiger partial charge in [-0.05, 0) is 31.4 Å². The molecule has 0 bridgehead atoms. The third-order valence-electron chi connectivity index (χ3n) is 2.30. The number of nitrogens with one attached hydrogen (secondary N) is 1. The zero-order valence-corrected chi connectivity index (χ0v) is 8.70.